The SMILES string of the molecule is CCS(=O)(=O)N1CC(N(CCN2CCCC2)S(=O)(=O)c2ccccc2)C1. The third-order valence-electron chi connectivity index (χ3n) is 5.18. The second-order valence-electron chi connectivity index (χ2n) is 6.85. The summed E-state index contributed by atoms with van der Waals surface area (Å²) in [6, 6.07) is 8.09. The van der Waals surface area contributed by atoms with Gasteiger partial charge in [-0.25, -0.2) is 16.8 Å². The van der Waals surface area contributed by atoms with Crippen LogP contribution in [0.15, 0.2) is 35.2 Å². The third-order valence-corrected chi connectivity index (χ3v) is 8.96. The lowest BCUT2D eigenvalue weighted by Gasteiger charge is -2.43. The van der Waals surface area contributed by atoms with Gasteiger partial charge in [0.25, 0.3) is 0 Å². The number of benzene rings is 1. The molecule has 26 heavy (non-hydrogen) atoms. The van der Waals surface area contributed by atoms with Crippen LogP contribution in [-0.4, -0.2) is 81.4 Å². The first-order valence-electron chi connectivity index (χ1n) is 9.11. The zero-order valence-electron chi connectivity index (χ0n) is 15.1. The molecule has 0 N–H and O–H groups in total. The molecular formula is C17H27N3O4S2. The average Bonchev–Trinajstić information content (AvgIpc) is 3.10. The van der Waals surface area contributed by atoms with Gasteiger partial charge in [-0.2, -0.15) is 8.61 Å². The van der Waals surface area contributed by atoms with E-state index >= 15 is 0 Å². The monoisotopic (exact) mass is 401 g/mol. The van der Waals surface area contributed by atoms with Gasteiger partial charge in [0.1, 0.15) is 0 Å². The fraction of sp³-hybridized carbons (Fsp3) is 0.647. The lowest BCUT2D eigenvalue weighted by molar-refractivity contribution is 0.144. The van der Waals surface area contributed by atoms with Gasteiger partial charge in [-0.3, -0.25) is 0 Å². The molecule has 1 aromatic carbocycles. The first kappa shape index (κ1) is 19.8. The highest BCUT2D eigenvalue weighted by molar-refractivity contribution is 7.89. The van der Waals surface area contributed by atoms with Crippen molar-refractivity contribution in [2.75, 3.05) is 45.0 Å². The largest absolute Gasteiger partial charge is 0.302 e. The van der Waals surface area contributed by atoms with E-state index in [0.717, 1.165) is 25.9 Å². The molecule has 1 aromatic rings. The molecule has 0 amide bonds. The summed E-state index contributed by atoms with van der Waals surface area (Å²) in [5.41, 5.74) is 0. The summed E-state index contributed by atoms with van der Waals surface area (Å²) in [4.78, 5) is 2.53. The summed E-state index contributed by atoms with van der Waals surface area (Å²) >= 11 is 0. The van der Waals surface area contributed by atoms with Crippen LogP contribution >= 0.6 is 0 Å². The highest BCUT2D eigenvalue weighted by Gasteiger charge is 2.42. The van der Waals surface area contributed by atoms with E-state index in [1.165, 1.54) is 8.61 Å². The number of nitrogens with zero attached hydrogens (tertiary/aromatic N) is 3. The molecule has 0 saturated carbocycles. The summed E-state index contributed by atoms with van der Waals surface area (Å²) in [6.07, 6.45) is 2.30. The van der Waals surface area contributed by atoms with Crippen LogP contribution in [0, 0.1) is 0 Å². The molecule has 2 saturated heterocycles. The molecule has 0 aromatic heterocycles. The second kappa shape index (κ2) is 7.93. The zero-order valence-corrected chi connectivity index (χ0v) is 16.8. The Morgan fingerprint density at radius 2 is 1.65 bits per heavy atom. The Hall–Kier alpha value is -1.00. The minimum Gasteiger partial charge on any atom is -0.302 e. The van der Waals surface area contributed by atoms with Crippen molar-refractivity contribution in [2.45, 2.75) is 30.7 Å². The number of rotatable bonds is 8. The van der Waals surface area contributed by atoms with E-state index < -0.39 is 20.0 Å². The Labute approximate surface area is 156 Å². The van der Waals surface area contributed by atoms with Crippen molar-refractivity contribution in [1.29, 1.82) is 0 Å². The van der Waals surface area contributed by atoms with E-state index in [1.54, 1.807) is 37.3 Å². The standard InChI is InChI=1S/C17H27N3O4S2/c1-2-25(21,22)19-14-16(15-19)20(13-12-18-10-6-7-11-18)26(23,24)17-8-4-3-5-9-17/h3-5,8-9,16H,2,6-7,10-15H2,1H3. The molecule has 2 heterocycles. The van der Waals surface area contributed by atoms with Crippen molar-refractivity contribution < 1.29 is 16.8 Å². The Bertz CT molecular complexity index is 800. The number of hydrogen-bond donors (Lipinski definition) is 0. The topological polar surface area (TPSA) is 78.0 Å². The molecule has 9 heteroatoms. The summed E-state index contributed by atoms with van der Waals surface area (Å²) in [5.74, 6) is 0.0406. The predicted octanol–water partition coefficient (Wildman–Crippen LogP) is 0.807. The van der Waals surface area contributed by atoms with Gasteiger partial charge in [0.05, 0.1) is 16.7 Å². The van der Waals surface area contributed by atoms with E-state index in [-0.39, 0.29) is 29.8 Å². The smallest absolute Gasteiger partial charge is 0.243 e. The van der Waals surface area contributed by atoms with Crippen LogP contribution in [-0.2, 0) is 20.0 Å². The molecule has 0 aliphatic carbocycles. The summed E-state index contributed by atoms with van der Waals surface area (Å²) in [7, 11) is -6.91. The number of sulfonamides is 2. The van der Waals surface area contributed by atoms with Gasteiger partial charge in [-0.1, -0.05) is 18.2 Å². The molecule has 0 unspecified atom stereocenters. The fourth-order valence-corrected chi connectivity index (χ4v) is 6.26. The highest BCUT2D eigenvalue weighted by Crippen LogP contribution is 2.25. The van der Waals surface area contributed by atoms with Crippen LogP contribution in [0.3, 0.4) is 0 Å². The van der Waals surface area contributed by atoms with Gasteiger partial charge in [0.15, 0.2) is 0 Å². The van der Waals surface area contributed by atoms with Gasteiger partial charge in [-0.15, -0.1) is 0 Å². The van der Waals surface area contributed by atoms with Crippen LogP contribution in [0.5, 0.6) is 0 Å². The molecule has 2 aliphatic rings. The van der Waals surface area contributed by atoms with Crippen molar-refractivity contribution in [3.63, 3.8) is 0 Å². The fourth-order valence-electron chi connectivity index (χ4n) is 3.48. The van der Waals surface area contributed by atoms with E-state index in [9.17, 15) is 16.8 Å². The third kappa shape index (κ3) is 4.12. The van der Waals surface area contributed by atoms with Gasteiger partial charge >= 0.3 is 0 Å². The lowest BCUT2D eigenvalue weighted by atomic mass is 10.2. The van der Waals surface area contributed by atoms with E-state index in [1.807, 2.05) is 0 Å². The quantitative estimate of drug-likeness (QED) is 0.644. The van der Waals surface area contributed by atoms with Crippen molar-refractivity contribution in [3.8, 4) is 0 Å². The van der Waals surface area contributed by atoms with Crippen LogP contribution in [0.2, 0.25) is 0 Å². The molecule has 7 nitrogen and oxygen atoms in total. The van der Waals surface area contributed by atoms with Crippen LogP contribution in [0.1, 0.15) is 19.8 Å². The van der Waals surface area contributed by atoms with Crippen LogP contribution in [0.25, 0.3) is 0 Å². The molecule has 3 rings (SSSR count). The summed E-state index contributed by atoms with van der Waals surface area (Å²) in [5, 5.41) is 0. The maximum atomic E-state index is 13.1. The molecular weight excluding hydrogens is 374 g/mol. The van der Waals surface area contributed by atoms with Crippen LogP contribution < -0.4 is 0 Å². The van der Waals surface area contributed by atoms with E-state index in [0.29, 0.717) is 13.1 Å². The van der Waals surface area contributed by atoms with Crippen molar-refractivity contribution in [2.24, 2.45) is 0 Å². The molecule has 0 bridgehead atoms. The average molecular weight is 402 g/mol. The molecule has 0 spiro atoms. The lowest BCUT2D eigenvalue weighted by Crippen LogP contribution is -2.63. The molecule has 2 aliphatic heterocycles. The first-order valence-corrected chi connectivity index (χ1v) is 12.2. The van der Waals surface area contributed by atoms with E-state index in [4.69, 9.17) is 0 Å². The number of hydrogen-bond acceptors (Lipinski definition) is 5. The summed E-state index contributed by atoms with van der Waals surface area (Å²) < 4.78 is 53.1. The van der Waals surface area contributed by atoms with Crippen molar-refractivity contribution in [3.05, 3.63) is 30.3 Å². The van der Waals surface area contributed by atoms with Gasteiger partial charge < -0.3 is 4.90 Å². The minimum absolute atomic E-state index is 0.0406. The highest BCUT2D eigenvalue weighted by atomic mass is 32.2. The molecule has 2 fully saturated rings. The molecule has 0 radical (unpaired) electrons. The molecule has 0 atom stereocenters. The Kier molecular flexibility index (Phi) is 6.03. The Balaban J connectivity index is 1.76. The van der Waals surface area contributed by atoms with Crippen molar-refractivity contribution in [1.82, 2.24) is 13.5 Å². The van der Waals surface area contributed by atoms with Crippen LogP contribution in [0.4, 0.5) is 0 Å². The maximum Gasteiger partial charge on any atom is 0.243 e. The first-order chi connectivity index (χ1) is 12.3. The summed E-state index contributed by atoms with van der Waals surface area (Å²) in [6.45, 7) is 5.16. The van der Waals surface area contributed by atoms with Gasteiger partial charge in [0.2, 0.25) is 20.0 Å². The van der Waals surface area contributed by atoms with Crippen molar-refractivity contribution >= 4 is 20.0 Å². The number of likely N-dealkylation sites (tertiary alicyclic amines) is 1. The van der Waals surface area contributed by atoms with Gasteiger partial charge in [-0.05, 0) is 45.0 Å². The predicted molar refractivity (Wildman–Crippen MR) is 101 cm³/mol. The minimum atomic E-state index is -3.64. The molecule has 146 valence electrons. The maximum absolute atomic E-state index is 13.1. The second-order valence-corrected chi connectivity index (χ2v) is 11.0. The Morgan fingerprint density at radius 1 is 1.04 bits per heavy atom. The van der Waals surface area contributed by atoms with Gasteiger partial charge in [0, 0.05) is 26.2 Å². The Morgan fingerprint density at radius 3 is 2.23 bits per heavy atom. The van der Waals surface area contributed by atoms with E-state index in [2.05, 4.69) is 4.90 Å². The normalized spacial score (nSPS) is 20.5. The zero-order chi connectivity index (χ0) is 18.8.